The van der Waals surface area contributed by atoms with E-state index < -0.39 is 0 Å². The van der Waals surface area contributed by atoms with Crippen molar-refractivity contribution < 1.29 is 9.59 Å². The molecule has 2 bridgehead atoms. The molecule has 1 aromatic carbocycles. The van der Waals surface area contributed by atoms with Crippen LogP contribution in [0.25, 0.3) is 0 Å². The summed E-state index contributed by atoms with van der Waals surface area (Å²) in [4.78, 5) is 27.4. The van der Waals surface area contributed by atoms with E-state index in [9.17, 15) is 9.59 Å². The van der Waals surface area contributed by atoms with Crippen LogP contribution < -0.4 is 10.6 Å². The van der Waals surface area contributed by atoms with Crippen LogP contribution in [0.3, 0.4) is 0 Å². The first kappa shape index (κ1) is 19.9. The molecular formula is C21H26ClN5O2. The number of H-pyrrole nitrogens is 1. The van der Waals surface area contributed by atoms with Gasteiger partial charge in [-0.25, -0.2) is 0 Å². The van der Waals surface area contributed by atoms with Crippen molar-refractivity contribution in [2.75, 3.05) is 11.9 Å². The van der Waals surface area contributed by atoms with Crippen molar-refractivity contribution in [2.45, 2.75) is 57.2 Å². The van der Waals surface area contributed by atoms with Gasteiger partial charge in [0.1, 0.15) is 5.69 Å². The lowest BCUT2D eigenvalue weighted by atomic mass is 9.81. The van der Waals surface area contributed by atoms with Gasteiger partial charge in [0, 0.05) is 23.8 Å². The van der Waals surface area contributed by atoms with Gasteiger partial charge in [0.15, 0.2) is 0 Å². The molecule has 2 fully saturated rings. The first-order valence-corrected chi connectivity index (χ1v) is 10.5. The van der Waals surface area contributed by atoms with Crippen molar-refractivity contribution in [3.63, 3.8) is 0 Å². The number of aromatic nitrogens is 2. The summed E-state index contributed by atoms with van der Waals surface area (Å²) in [5.74, 6) is -0.188. The van der Waals surface area contributed by atoms with Gasteiger partial charge < -0.3 is 10.6 Å². The van der Waals surface area contributed by atoms with Crippen molar-refractivity contribution in [1.29, 1.82) is 0 Å². The second kappa shape index (κ2) is 8.55. The summed E-state index contributed by atoms with van der Waals surface area (Å²) in [7, 11) is 0. The molecule has 0 aliphatic carbocycles. The summed E-state index contributed by atoms with van der Waals surface area (Å²) < 4.78 is 0. The van der Waals surface area contributed by atoms with Crippen molar-refractivity contribution in [3.05, 3.63) is 46.7 Å². The van der Waals surface area contributed by atoms with E-state index in [0.717, 1.165) is 37.8 Å². The quantitative estimate of drug-likeness (QED) is 0.699. The summed E-state index contributed by atoms with van der Waals surface area (Å²) in [5.41, 5.74) is 1.93. The maximum atomic E-state index is 12.6. The van der Waals surface area contributed by atoms with Crippen LogP contribution in [0.2, 0.25) is 5.02 Å². The molecule has 2 aliphatic heterocycles. The molecular weight excluding hydrogens is 390 g/mol. The third-order valence-corrected chi connectivity index (χ3v) is 6.20. The normalized spacial score (nSPS) is 24.1. The van der Waals surface area contributed by atoms with E-state index in [-0.39, 0.29) is 17.9 Å². The van der Waals surface area contributed by atoms with Crippen LogP contribution in [0.1, 0.15) is 48.3 Å². The Hall–Kier alpha value is -2.38. The van der Waals surface area contributed by atoms with Gasteiger partial charge in [0.05, 0.1) is 17.3 Å². The lowest BCUT2D eigenvalue weighted by Gasteiger charge is -2.48. The molecule has 0 radical (unpaired) electrons. The highest BCUT2D eigenvalue weighted by Crippen LogP contribution is 2.34. The zero-order valence-corrected chi connectivity index (χ0v) is 17.2. The average Bonchev–Trinajstić information content (AvgIpc) is 3.11. The van der Waals surface area contributed by atoms with Crippen molar-refractivity contribution >= 4 is 29.1 Å². The maximum Gasteiger partial charge on any atom is 0.271 e. The molecule has 2 aromatic rings. The van der Waals surface area contributed by atoms with Gasteiger partial charge in [-0.1, -0.05) is 30.2 Å². The van der Waals surface area contributed by atoms with Crippen LogP contribution in [0.15, 0.2) is 30.3 Å². The minimum atomic E-state index is -0.137. The number of hydrogen-bond donors (Lipinski definition) is 3. The molecule has 0 spiro atoms. The standard InChI is InChI=1S/C21H26ClN5O2/c1-13-9-19(26-25-13)21(29)23-14-10-15-5-4-6-16(11-14)27(15)12-20(28)24-18-8-3-2-7-17(18)22/h2-3,7-9,14-16H,4-6,10-12H2,1H3,(H,23,29)(H,24,28)(H,25,26). The summed E-state index contributed by atoms with van der Waals surface area (Å²) in [6.07, 6.45) is 4.96. The molecule has 0 saturated carbocycles. The Labute approximate surface area is 175 Å². The van der Waals surface area contributed by atoms with Crippen molar-refractivity contribution in [1.82, 2.24) is 20.4 Å². The van der Waals surface area contributed by atoms with Crippen molar-refractivity contribution in [2.24, 2.45) is 0 Å². The number of piperidine rings is 2. The molecule has 2 aliphatic rings. The van der Waals surface area contributed by atoms with E-state index in [2.05, 4.69) is 25.7 Å². The fourth-order valence-electron chi connectivity index (χ4n) is 4.57. The average molecular weight is 416 g/mol. The highest BCUT2D eigenvalue weighted by molar-refractivity contribution is 6.33. The monoisotopic (exact) mass is 415 g/mol. The molecule has 7 nitrogen and oxygen atoms in total. The highest BCUT2D eigenvalue weighted by Gasteiger charge is 2.39. The summed E-state index contributed by atoms with van der Waals surface area (Å²) in [5, 5.41) is 13.4. The third-order valence-electron chi connectivity index (χ3n) is 5.87. The number of carbonyl (C=O) groups is 2. The first-order chi connectivity index (χ1) is 14.0. The fraction of sp³-hybridized carbons (Fsp3) is 0.476. The maximum absolute atomic E-state index is 12.6. The second-order valence-electron chi connectivity index (χ2n) is 8.02. The lowest BCUT2D eigenvalue weighted by Crippen LogP contribution is -2.58. The predicted octanol–water partition coefficient (Wildman–Crippen LogP) is 3.13. The number of nitrogens with zero attached hydrogens (tertiary/aromatic N) is 2. The van der Waals surface area contributed by atoms with Crippen LogP contribution in [0, 0.1) is 6.92 Å². The molecule has 3 N–H and O–H groups in total. The highest BCUT2D eigenvalue weighted by atomic mass is 35.5. The molecule has 2 unspecified atom stereocenters. The second-order valence-corrected chi connectivity index (χ2v) is 8.42. The van der Waals surface area contributed by atoms with Gasteiger partial charge in [-0.05, 0) is 50.8 Å². The van der Waals surface area contributed by atoms with Gasteiger partial charge in [0.25, 0.3) is 5.91 Å². The number of carbonyl (C=O) groups excluding carboxylic acids is 2. The fourth-order valence-corrected chi connectivity index (χ4v) is 4.75. The first-order valence-electron chi connectivity index (χ1n) is 10.1. The van der Waals surface area contributed by atoms with Crippen LogP contribution in [-0.2, 0) is 4.79 Å². The molecule has 29 heavy (non-hydrogen) atoms. The number of benzene rings is 1. The van der Waals surface area contributed by atoms with Gasteiger partial charge >= 0.3 is 0 Å². The smallest absolute Gasteiger partial charge is 0.271 e. The number of aryl methyl sites for hydroxylation is 1. The SMILES string of the molecule is Cc1cc(C(=O)NC2CC3CCCC(C2)N3CC(=O)Nc2ccccc2Cl)n[nH]1. The van der Waals surface area contributed by atoms with Crippen LogP contribution in [-0.4, -0.2) is 51.6 Å². The van der Waals surface area contributed by atoms with Gasteiger partial charge in [-0.3, -0.25) is 19.6 Å². The molecule has 4 rings (SSSR count). The molecule has 2 atom stereocenters. The van der Waals surface area contributed by atoms with E-state index in [4.69, 9.17) is 11.6 Å². The summed E-state index contributed by atoms with van der Waals surface area (Å²) in [6.45, 7) is 2.22. The van der Waals surface area contributed by atoms with E-state index in [1.807, 2.05) is 19.1 Å². The minimum absolute atomic E-state index is 0.0514. The Balaban J connectivity index is 1.36. The number of fused-ring (bicyclic) bond motifs is 2. The molecule has 2 amide bonds. The largest absolute Gasteiger partial charge is 0.348 e. The molecule has 2 saturated heterocycles. The number of halogens is 1. The number of hydrogen-bond acceptors (Lipinski definition) is 4. The van der Waals surface area contributed by atoms with Gasteiger partial charge in [0.2, 0.25) is 5.91 Å². The number of rotatable bonds is 5. The van der Waals surface area contributed by atoms with Crippen LogP contribution in [0.4, 0.5) is 5.69 Å². The Morgan fingerprint density at radius 2 is 1.97 bits per heavy atom. The van der Waals surface area contributed by atoms with E-state index in [0.29, 0.717) is 35.0 Å². The van der Waals surface area contributed by atoms with Gasteiger partial charge in [-0.2, -0.15) is 5.10 Å². The predicted molar refractivity (Wildman–Crippen MR) is 112 cm³/mol. The molecule has 154 valence electrons. The zero-order chi connectivity index (χ0) is 20.4. The van der Waals surface area contributed by atoms with Gasteiger partial charge in [-0.15, -0.1) is 0 Å². The Bertz CT molecular complexity index is 885. The van der Waals surface area contributed by atoms with E-state index in [1.54, 1.807) is 18.2 Å². The molecule has 8 heteroatoms. The summed E-state index contributed by atoms with van der Waals surface area (Å²) in [6, 6.07) is 9.72. The number of aromatic amines is 1. The summed E-state index contributed by atoms with van der Waals surface area (Å²) >= 11 is 6.15. The Morgan fingerprint density at radius 3 is 2.62 bits per heavy atom. The number of nitrogens with one attached hydrogen (secondary N) is 3. The van der Waals surface area contributed by atoms with Crippen molar-refractivity contribution in [3.8, 4) is 0 Å². The number of para-hydroxylation sites is 1. The lowest BCUT2D eigenvalue weighted by molar-refractivity contribution is -0.120. The molecule has 3 heterocycles. The van der Waals surface area contributed by atoms with E-state index >= 15 is 0 Å². The third kappa shape index (κ3) is 4.62. The Morgan fingerprint density at radius 1 is 1.24 bits per heavy atom. The number of amides is 2. The van der Waals surface area contributed by atoms with E-state index in [1.165, 1.54) is 0 Å². The zero-order valence-electron chi connectivity index (χ0n) is 16.5. The minimum Gasteiger partial charge on any atom is -0.348 e. The number of anilines is 1. The Kier molecular flexibility index (Phi) is 5.87. The van der Waals surface area contributed by atoms with Crippen LogP contribution >= 0.6 is 11.6 Å². The topological polar surface area (TPSA) is 90.1 Å². The van der Waals surface area contributed by atoms with Crippen LogP contribution in [0.5, 0.6) is 0 Å². The molecule has 1 aromatic heterocycles.